The van der Waals surface area contributed by atoms with E-state index in [9.17, 15) is 8.42 Å². The molecule has 23 heavy (non-hydrogen) atoms. The van der Waals surface area contributed by atoms with Crippen LogP contribution in [0.2, 0.25) is 0 Å². The molecule has 0 bridgehead atoms. The SMILES string of the molecule is COc1cc(Br)c(S(=O)(=O)NCCN2CCCCC2)cc1OC. The van der Waals surface area contributed by atoms with E-state index in [1.54, 1.807) is 6.07 Å². The molecular weight excluding hydrogens is 384 g/mol. The van der Waals surface area contributed by atoms with E-state index in [2.05, 4.69) is 25.6 Å². The average Bonchev–Trinajstić information content (AvgIpc) is 2.55. The zero-order chi connectivity index (χ0) is 16.9. The summed E-state index contributed by atoms with van der Waals surface area (Å²) in [6, 6.07) is 3.06. The highest BCUT2D eigenvalue weighted by Gasteiger charge is 2.21. The summed E-state index contributed by atoms with van der Waals surface area (Å²) in [4.78, 5) is 2.43. The summed E-state index contributed by atoms with van der Waals surface area (Å²) in [5.74, 6) is 0.860. The molecule has 0 aromatic heterocycles. The van der Waals surface area contributed by atoms with Crippen molar-refractivity contribution in [3.63, 3.8) is 0 Å². The molecule has 1 aliphatic heterocycles. The Bertz CT molecular complexity index is 631. The number of ether oxygens (including phenoxy) is 2. The van der Waals surface area contributed by atoms with E-state index in [1.807, 2.05) is 0 Å². The number of halogens is 1. The topological polar surface area (TPSA) is 67.9 Å². The Morgan fingerprint density at radius 3 is 2.35 bits per heavy atom. The van der Waals surface area contributed by atoms with Crippen LogP contribution < -0.4 is 14.2 Å². The van der Waals surface area contributed by atoms with Gasteiger partial charge in [-0.05, 0) is 47.9 Å². The van der Waals surface area contributed by atoms with Crippen LogP contribution in [0.25, 0.3) is 0 Å². The molecule has 0 unspecified atom stereocenters. The van der Waals surface area contributed by atoms with Gasteiger partial charge in [-0.2, -0.15) is 0 Å². The zero-order valence-corrected chi connectivity index (χ0v) is 15.9. The lowest BCUT2D eigenvalue weighted by molar-refractivity contribution is 0.233. The maximum atomic E-state index is 12.5. The Morgan fingerprint density at radius 2 is 1.74 bits per heavy atom. The molecule has 2 rings (SSSR count). The first-order valence-corrected chi connectivity index (χ1v) is 9.89. The molecule has 1 fully saturated rings. The van der Waals surface area contributed by atoms with Crippen molar-refractivity contribution >= 4 is 26.0 Å². The van der Waals surface area contributed by atoms with Gasteiger partial charge in [-0.15, -0.1) is 0 Å². The van der Waals surface area contributed by atoms with Crippen molar-refractivity contribution in [3.8, 4) is 11.5 Å². The highest BCUT2D eigenvalue weighted by molar-refractivity contribution is 9.10. The standard InChI is InChI=1S/C15H23BrN2O4S/c1-21-13-10-12(16)15(11-14(13)22-2)23(19,20)17-6-9-18-7-4-3-5-8-18/h10-11,17H,3-9H2,1-2H3. The molecule has 1 saturated heterocycles. The molecule has 1 N–H and O–H groups in total. The van der Waals surface area contributed by atoms with Gasteiger partial charge in [-0.3, -0.25) is 0 Å². The largest absolute Gasteiger partial charge is 0.493 e. The molecule has 0 radical (unpaired) electrons. The minimum atomic E-state index is -3.61. The zero-order valence-electron chi connectivity index (χ0n) is 13.5. The summed E-state index contributed by atoms with van der Waals surface area (Å²) in [6.07, 6.45) is 3.64. The van der Waals surface area contributed by atoms with Crippen molar-refractivity contribution in [1.82, 2.24) is 9.62 Å². The smallest absolute Gasteiger partial charge is 0.241 e. The highest BCUT2D eigenvalue weighted by Crippen LogP contribution is 2.35. The van der Waals surface area contributed by atoms with Gasteiger partial charge in [0.05, 0.1) is 14.2 Å². The van der Waals surface area contributed by atoms with Crippen LogP contribution in [0.4, 0.5) is 0 Å². The van der Waals surface area contributed by atoms with Crippen LogP contribution in [-0.2, 0) is 10.0 Å². The van der Waals surface area contributed by atoms with Crippen molar-refractivity contribution in [2.45, 2.75) is 24.2 Å². The first-order chi connectivity index (χ1) is 11.0. The van der Waals surface area contributed by atoms with Gasteiger partial charge in [-0.1, -0.05) is 6.42 Å². The predicted molar refractivity (Wildman–Crippen MR) is 92.7 cm³/mol. The molecule has 6 nitrogen and oxygen atoms in total. The minimum Gasteiger partial charge on any atom is -0.493 e. The monoisotopic (exact) mass is 406 g/mol. The van der Waals surface area contributed by atoms with Gasteiger partial charge in [0.1, 0.15) is 4.90 Å². The van der Waals surface area contributed by atoms with Crippen molar-refractivity contribution in [2.75, 3.05) is 40.4 Å². The van der Waals surface area contributed by atoms with Crippen molar-refractivity contribution in [1.29, 1.82) is 0 Å². The van der Waals surface area contributed by atoms with Crippen LogP contribution in [0.1, 0.15) is 19.3 Å². The third-order valence-electron chi connectivity index (χ3n) is 3.90. The molecule has 0 atom stereocenters. The minimum absolute atomic E-state index is 0.147. The summed E-state index contributed by atoms with van der Waals surface area (Å²) in [6.45, 7) is 3.21. The quantitative estimate of drug-likeness (QED) is 0.751. The van der Waals surface area contributed by atoms with Crippen LogP contribution in [-0.4, -0.2) is 53.7 Å². The summed E-state index contributed by atoms with van der Waals surface area (Å²) in [5, 5.41) is 0. The second-order valence-electron chi connectivity index (χ2n) is 5.44. The molecule has 1 aromatic rings. The van der Waals surface area contributed by atoms with Gasteiger partial charge >= 0.3 is 0 Å². The molecule has 0 saturated carbocycles. The Hall–Kier alpha value is -0.830. The predicted octanol–water partition coefficient (Wildman–Crippen LogP) is 2.23. The number of piperidine rings is 1. The van der Waals surface area contributed by atoms with Crippen molar-refractivity contribution in [3.05, 3.63) is 16.6 Å². The van der Waals surface area contributed by atoms with E-state index in [4.69, 9.17) is 9.47 Å². The van der Waals surface area contributed by atoms with Crippen molar-refractivity contribution < 1.29 is 17.9 Å². The fourth-order valence-electron chi connectivity index (χ4n) is 2.64. The van der Waals surface area contributed by atoms with E-state index in [1.165, 1.54) is 39.5 Å². The van der Waals surface area contributed by atoms with Gasteiger partial charge in [-0.25, -0.2) is 13.1 Å². The van der Waals surface area contributed by atoms with E-state index in [0.717, 1.165) is 19.6 Å². The summed E-state index contributed by atoms with van der Waals surface area (Å²) in [7, 11) is -0.621. The van der Waals surface area contributed by atoms with Gasteiger partial charge in [0.15, 0.2) is 11.5 Å². The number of hydrogen-bond acceptors (Lipinski definition) is 5. The second kappa shape index (κ2) is 8.32. The fourth-order valence-corrected chi connectivity index (χ4v) is 4.70. The first-order valence-electron chi connectivity index (χ1n) is 7.61. The Labute approximate surface area is 146 Å². The van der Waals surface area contributed by atoms with Crippen molar-refractivity contribution in [2.24, 2.45) is 0 Å². The molecule has 0 aliphatic carbocycles. The van der Waals surface area contributed by atoms with Gasteiger partial charge in [0, 0.05) is 23.6 Å². The van der Waals surface area contributed by atoms with Crippen LogP contribution in [0.15, 0.2) is 21.5 Å². The summed E-state index contributed by atoms with van der Waals surface area (Å²) >= 11 is 3.29. The molecule has 8 heteroatoms. The van der Waals surface area contributed by atoms with Gasteiger partial charge in [0.25, 0.3) is 0 Å². The van der Waals surface area contributed by atoms with Crippen LogP contribution in [0.3, 0.4) is 0 Å². The number of rotatable bonds is 7. The molecule has 0 amide bonds. The Kier molecular flexibility index (Phi) is 6.70. The lowest BCUT2D eigenvalue weighted by Gasteiger charge is -2.26. The maximum Gasteiger partial charge on any atom is 0.241 e. The average molecular weight is 407 g/mol. The number of sulfonamides is 1. The molecule has 1 heterocycles. The number of nitrogens with one attached hydrogen (secondary N) is 1. The maximum absolute atomic E-state index is 12.5. The molecule has 1 aromatic carbocycles. The molecule has 130 valence electrons. The van der Waals surface area contributed by atoms with Crippen LogP contribution in [0.5, 0.6) is 11.5 Å². The number of nitrogens with zero attached hydrogens (tertiary/aromatic N) is 1. The van der Waals surface area contributed by atoms with E-state index >= 15 is 0 Å². The highest BCUT2D eigenvalue weighted by atomic mass is 79.9. The number of benzene rings is 1. The summed E-state index contributed by atoms with van der Waals surface area (Å²) < 4.78 is 38.5. The Balaban J connectivity index is 2.06. The van der Waals surface area contributed by atoms with E-state index in [0.29, 0.717) is 22.5 Å². The van der Waals surface area contributed by atoms with Gasteiger partial charge < -0.3 is 14.4 Å². The van der Waals surface area contributed by atoms with E-state index < -0.39 is 10.0 Å². The molecule has 1 aliphatic rings. The summed E-state index contributed by atoms with van der Waals surface area (Å²) in [5.41, 5.74) is 0. The number of hydrogen-bond donors (Lipinski definition) is 1. The van der Waals surface area contributed by atoms with Crippen LogP contribution in [0, 0.1) is 0 Å². The molecular formula is C15H23BrN2O4S. The second-order valence-corrected chi connectivity index (χ2v) is 8.03. The lowest BCUT2D eigenvalue weighted by Crippen LogP contribution is -2.37. The normalized spacial score (nSPS) is 16.3. The molecule has 0 spiro atoms. The Morgan fingerprint density at radius 1 is 1.13 bits per heavy atom. The van der Waals surface area contributed by atoms with E-state index in [-0.39, 0.29) is 4.90 Å². The first kappa shape index (κ1) is 18.5. The number of likely N-dealkylation sites (tertiary alicyclic amines) is 1. The fraction of sp³-hybridized carbons (Fsp3) is 0.600. The number of methoxy groups -OCH3 is 2. The van der Waals surface area contributed by atoms with Gasteiger partial charge in [0.2, 0.25) is 10.0 Å². The third-order valence-corrected chi connectivity index (χ3v) is 6.32. The third kappa shape index (κ3) is 4.82. The van der Waals surface area contributed by atoms with Crippen LogP contribution >= 0.6 is 15.9 Å². The lowest BCUT2D eigenvalue weighted by atomic mass is 10.1.